The van der Waals surface area contributed by atoms with Gasteiger partial charge in [0.05, 0.1) is 5.02 Å². The van der Waals surface area contributed by atoms with Crippen LogP contribution in [0.15, 0.2) is 28.8 Å². The Kier molecular flexibility index (Phi) is 4.52. The number of aromatic nitrogens is 2. The molecule has 1 aromatic carbocycles. The van der Waals surface area contributed by atoms with Gasteiger partial charge in [0.15, 0.2) is 0 Å². The van der Waals surface area contributed by atoms with Gasteiger partial charge in [0.2, 0.25) is 11.7 Å². The van der Waals surface area contributed by atoms with E-state index in [1.54, 1.807) is 6.07 Å². The van der Waals surface area contributed by atoms with Crippen LogP contribution in [0.1, 0.15) is 25.2 Å². The van der Waals surface area contributed by atoms with Crippen LogP contribution < -0.4 is 0 Å². The van der Waals surface area contributed by atoms with Gasteiger partial charge >= 0.3 is 5.97 Å². The van der Waals surface area contributed by atoms with Gasteiger partial charge < -0.3 is 9.63 Å². The lowest BCUT2D eigenvalue weighted by Gasteiger charge is -1.96. The minimum atomic E-state index is -0.790. The fourth-order valence-corrected chi connectivity index (χ4v) is 1.88. The lowest BCUT2D eigenvalue weighted by Crippen LogP contribution is -1.95. The smallest absolute Gasteiger partial charge is 0.303 e. The standard InChI is InChI=1S/C13H13ClN2O3/c14-10-6-2-1-5-9(10)13-15-11(19-16-13)7-3-4-8-12(17)18/h1-2,5-6H,3-4,7-8H2,(H,17,18). The highest BCUT2D eigenvalue weighted by atomic mass is 35.5. The van der Waals surface area contributed by atoms with E-state index < -0.39 is 5.97 Å². The van der Waals surface area contributed by atoms with E-state index >= 15 is 0 Å². The number of benzene rings is 1. The number of hydrogen-bond acceptors (Lipinski definition) is 4. The lowest BCUT2D eigenvalue weighted by molar-refractivity contribution is -0.137. The number of nitrogens with zero attached hydrogens (tertiary/aromatic N) is 2. The summed E-state index contributed by atoms with van der Waals surface area (Å²) in [5, 5.41) is 13.0. The predicted molar refractivity (Wildman–Crippen MR) is 69.9 cm³/mol. The zero-order chi connectivity index (χ0) is 13.7. The number of aryl methyl sites for hydroxylation is 1. The molecule has 1 heterocycles. The SMILES string of the molecule is O=C(O)CCCCc1nc(-c2ccccc2Cl)no1. The quantitative estimate of drug-likeness (QED) is 0.822. The van der Waals surface area contributed by atoms with Crippen LogP contribution in [0, 0.1) is 0 Å². The Morgan fingerprint density at radius 3 is 2.84 bits per heavy atom. The van der Waals surface area contributed by atoms with E-state index in [9.17, 15) is 4.79 Å². The van der Waals surface area contributed by atoms with Crippen molar-refractivity contribution in [2.75, 3.05) is 0 Å². The van der Waals surface area contributed by atoms with Crippen LogP contribution in [0.2, 0.25) is 5.02 Å². The van der Waals surface area contributed by atoms with Crippen LogP contribution >= 0.6 is 11.6 Å². The van der Waals surface area contributed by atoms with E-state index in [2.05, 4.69) is 10.1 Å². The molecule has 6 heteroatoms. The van der Waals surface area contributed by atoms with E-state index in [0.29, 0.717) is 36.0 Å². The molecule has 0 unspecified atom stereocenters. The molecule has 100 valence electrons. The molecule has 19 heavy (non-hydrogen) atoms. The summed E-state index contributed by atoms with van der Waals surface area (Å²) in [5.74, 6) is 0.168. The third-order valence-electron chi connectivity index (χ3n) is 2.61. The molecule has 0 bridgehead atoms. The Balaban J connectivity index is 1.96. The Hall–Kier alpha value is -1.88. The van der Waals surface area contributed by atoms with Crippen molar-refractivity contribution in [2.45, 2.75) is 25.7 Å². The molecule has 2 rings (SSSR count). The third-order valence-corrected chi connectivity index (χ3v) is 2.94. The molecule has 2 aromatic rings. The Morgan fingerprint density at radius 2 is 2.11 bits per heavy atom. The first-order chi connectivity index (χ1) is 9.16. The number of carboxylic acids is 1. The average Bonchev–Trinajstić information content (AvgIpc) is 2.83. The maximum Gasteiger partial charge on any atom is 0.303 e. The second-order valence-electron chi connectivity index (χ2n) is 4.09. The number of hydrogen-bond donors (Lipinski definition) is 1. The van der Waals surface area contributed by atoms with E-state index in [1.807, 2.05) is 18.2 Å². The predicted octanol–water partition coefficient (Wildman–Crippen LogP) is 3.19. The topological polar surface area (TPSA) is 76.2 Å². The highest BCUT2D eigenvalue weighted by Gasteiger charge is 2.11. The maximum absolute atomic E-state index is 10.4. The molecule has 0 fully saturated rings. The molecule has 5 nitrogen and oxygen atoms in total. The van der Waals surface area contributed by atoms with Crippen molar-refractivity contribution in [2.24, 2.45) is 0 Å². The van der Waals surface area contributed by atoms with Crippen molar-refractivity contribution in [3.05, 3.63) is 35.2 Å². The lowest BCUT2D eigenvalue weighted by atomic mass is 10.2. The van der Waals surface area contributed by atoms with Crippen molar-refractivity contribution < 1.29 is 14.4 Å². The van der Waals surface area contributed by atoms with E-state index in [4.69, 9.17) is 21.2 Å². The molecular formula is C13H13ClN2O3. The van der Waals surface area contributed by atoms with Crippen LogP contribution in [0.3, 0.4) is 0 Å². The number of carbonyl (C=O) groups is 1. The third kappa shape index (κ3) is 3.79. The second kappa shape index (κ2) is 6.33. The normalized spacial score (nSPS) is 10.6. The number of halogens is 1. The van der Waals surface area contributed by atoms with Gasteiger partial charge in [-0.15, -0.1) is 0 Å². The van der Waals surface area contributed by atoms with Gasteiger partial charge in [0.25, 0.3) is 0 Å². The van der Waals surface area contributed by atoms with Crippen molar-refractivity contribution >= 4 is 17.6 Å². The average molecular weight is 281 g/mol. The molecule has 1 aromatic heterocycles. The van der Waals surface area contributed by atoms with Gasteiger partial charge in [-0.1, -0.05) is 28.9 Å². The molecule has 0 radical (unpaired) electrons. The van der Waals surface area contributed by atoms with Crippen LogP contribution in [0.5, 0.6) is 0 Å². The highest BCUT2D eigenvalue weighted by molar-refractivity contribution is 6.33. The summed E-state index contributed by atoms with van der Waals surface area (Å²) in [7, 11) is 0. The van der Waals surface area contributed by atoms with Crippen molar-refractivity contribution in [1.29, 1.82) is 0 Å². The number of aliphatic carboxylic acids is 1. The fourth-order valence-electron chi connectivity index (χ4n) is 1.66. The molecule has 0 aliphatic heterocycles. The van der Waals surface area contributed by atoms with Crippen LogP contribution in [-0.2, 0) is 11.2 Å². The number of carboxylic acid groups (broad SMARTS) is 1. The van der Waals surface area contributed by atoms with E-state index in [0.717, 1.165) is 5.56 Å². The maximum atomic E-state index is 10.4. The molecule has 0 atom stereocenters. The summed E-state index contributed by atoms with van der Waals surface area (Å²) in [4.78, 5) is 14.6. The minimum absolute atomic E-state index is 0.158. The van der Waals surface area contributed by atoms with Gasteiger partial charge in [-0.3, -0.25) is 4.79 Å². The minimum Gasteiger partial charge on any atom is -0.481 e. The first-order valence-electron chi connectivity index (χ1n) is 5.96. The zero-order valence-electron chi connectivity index (χ0n) is 10.2. The first-order valence-corrected chi connectivity index (χ1v) is 6.34. The van der Waals surface area contributed by atoms with Gasteiger partial charge in [-0.05, 0) is 25.0 Å². The Morgan fingerprint density at radius 1 is 1.32 bits per heavy atom. The summed E-state index contributed by atoms with van der Waals surface area (Å²) in [6.07, 6.45) is 2.03. The first kappa shape index (κ1) is 13.5. The summed E-state index contributed by atoms with van der Waals surface area (Å²) in [6, 6.07) is 7.27. The number of unbranched alkanes of at least 4 members (excludes halogenated alkanes) is 1. The summed E-state index contributed by atoms with van der Waals surface area (Å²) in [5.41, 5.74) is 0.727. The summed E-state index contributed by atoms with van der Waals surface area (Å²) < 4.78 is 5.11. The second-order valence-corrected chi connectivity index (χ2v) is 4.50. The van der Waals surface area contributed by atoms with E-state index in [1.165, 1.54) is 0 Å². The van der Waals surface area contributed by atoms with Crippen molar-refractivity contribution in [1.82, 2.24) is 10.1 Å². The molecule has 1 N–H and O–H groups in total. The van der Waals surface area contributed by atoms with Crippen LogP contribution in [0.4, 0.5) is 0 Å². The van der Waals surface area contributed by atoms with Gasteiger partial charge in [0, 0.05) is 18.4 Å². The van der Waals surface area contributed by atoms with Crippen LogP contribution in [-0.4, -0.2) is 21.2 Å². The van der Waals surface area contributed by atoms with Gasteiger partial charge in [0.1, 0.15) is 0 Å². The molecular weight excluding hydrogens is 268 g/mol. The Labute approximate surface area is 115 Å². The highest BCUT2D eigenvalue weighted by Crippen LogP contribution is 2.25. The largest absolute Gasteiger partial charge is 0.481 e. The fraction of sp³-hybridized carbons (Fsp3) is 0.308. The summed E-state index contributed by atoms with van der Waals surface area (Å²) >= 11 is 6.04. The molecule has 0 saturated carbocycles. The van der Waals surface area contributed by atoms with Crippen molar-refractivity contribution in [3.8, 4) is 11.4 Å². The molecule has 0 spiro atoms. The molecule has 0 saturated heterocycles. The molecule has 0 aliphatic rings. The zero-order valence-corrected chi connectivity index (χ0v) is 10.9. The molecule has 0 amide bonds. The van der Waals surface area contributed by atoms with Gasteiger partial charge in [-0.25, -0.2) is 0 Å². The summed E-state index contributed by atoms with van der Waals surface area (Å²) in [6.45, 7) is 0. The van der Waals surface area contributed by atoms with Crippen molar-refractivity contribution in [3.63, 3.8) is 0 Å². The van der Waals surface area contributed by atoms with Crippen LogP contribution in [0.25, 0.3) is 11.4 Å². The van der Waals surface area contributed by atoms with Gasteiger partial charge in [-0.2, -0.15) is 4.98 Å². The number of rotatable bonds is 6. The van der Waals surface area contributed by atoms with E-state index in [-0.39, 0.29) is 6.42 Å². The monoisotopic (exact) mass is 280 g/mol. The molecule has 0 aliphatic carbocycles. The Bertz CT molecular complexity index is 569.